The average Bonchev–Trinajstić information content (AvgIpc) is 3.11. The van der Waals surface area contributed by atoms with E-state index in [-0.39, 0.29) is 31.6 Å². The predicted molar refractivity (Wildman–Crippen MR) is 190 cm³/mol. The van der Waals surface area contributed by atoms with Gasteiger partial charge in [-0.05, 0) is 44.3 Å². The molecule has 0 saturated carbocycles. The van der Waals surface area contributed by atoms with E-state index >= 15 is 0 Å². The van der Waals surface area contributed by atoms with Crippen molar-refractivity contribution in [3.8, 4) is 45.4 Å². The monoisotopic (exact) mass is 806 g/mol. The van der Waals surface area contributed by atoms with E-state index in [2.05, 4.69) is 56.3 Å². The number of allylic oxidation sites excluding steroid dienone is 2. The molecular formula is C41H33IrN4O2-. The Hall–Kier alpha value is -5.36. The zero-order valence-electron chi connectivity index (χ0n) is 27.0. The second-order valence-corrected chi connectivity index (χ2v) is 11.3. The van der Waals surface area contributed by atoms with Crippen LogP contribution in [0.1, 0.15) is 25.0 Å². The Morgan fingerprint density at radius 1 is 0.646 bits per heavy atom. The molecule has 0 saturated heterocycles. The van der Waals surface area contributed by atoms with Crippen molar-refractivity contribution in [1.82, 2.24) is 19.9 Å². The summed E-state index contributed by atoms with van der Waals surface area (Å²) in [7, 11) is 0. The Morgan fingerprint density at radius 2 is 1.17 bits per heavy atom. The van der Waals surface area contributed by atoms with Gasteiger partial charge in [0, 0.05) is 49.1 Å². The molecule has 0 aliphatic rings. The number of pyridine rings is 1. The number of carbonyl (C=O) groups is 1. The molecule has 6 nitrogen and oxygen atoms in total. The molecule has 48 heavy (non-hydrogen) atoms. The van der Waals surface area contributed by atoms with Crippen molar-refractivity contribution >= 4 is 27.3 Å². The van der Waals surface area contributed by atoms with Crippen molar-refractivity contribution in [2.45, 2.75) is 27.7 Å². The topological polar surface area (TPSA) is 88.9 Å². The van der Waals surface area contributed by atoms with Crippen molar-refractivity contribution in [2.24, 2.45) is 0 Å². The maximum Gasteiger partial charge on any atom is 0.165 e. The largest absolute Gasteiger partial charge is 0.512 e. The van der Waals surface area contributed by atoms with Crippen molar-refractivity contribution in [3.05, 3.63) is 144 Å². The van der Waals surface area contributed by atoms with Crippen LogP contribution in [-0.4, -0.2) is 30.8 Å². The van der Waals surface area contributed by atoms with Crippen LogP contribution in [0.2, 0.25) is 0 Å². The summed E-state index contributed by atoms with van der Waals surface area (Å²) >= 11 is 0. The third kappa shape index (κ3) is 7.44. The molecule has 0 aliphatic heterocycles. The first-order valence-electron chi connectivity index (χ1n) is 15.3. The minimum absolute atomic E-state index is 0. The third-order valence-electron chi connectivity index (χ3n) is 7.95. The Morgan fingerprint density at radius 3 is 1.67 bits per heavy atom. The Balaban J connectivity index is 0.000000511. The summed E-state index contributed by atoms with van der Waals surface area (Å²) in [6.45, 7) is 7.24. The van der Waals surface area contributed by atoms with E-state index in [1.165, 1.54) is 52.6 Å². The smallest absolute Gasteiger partial charge is 0.165 e. The second-order valence-electron chi connectivity index (χ2n) is 11.3. The van der Waals surface area contributed by atoms with Crippen LogP contribution in [0, 0.1) is 19.9 Å². The summed E-state index contributed by atoms with van der Waals surface area (Å²) in [6, 6.07) is 40.4. The number of carbonyl (C=O) groups excluding carboxylic acids is 1. The van der Waals surface area contributed by atoms with E-state index < -0.39 is 0 Å². The molecule has 0 bridgehead atoms. The molecule has 0 fully saturated rings. The number of hydrogen-bond donors (Lipinski definition) is 1. The van der Waals surface area contributed by atoms with Gasteiger partial charge in [-0.2, -0.15) is 0 Å². The molecule has 7 heteroatoms. The van der Waals surface area contributed by atoms with Crippen LogP contribution in [0.5, 0.6) is 0 Å². The zero-order chi connectivity index (χ0) is 32.9. The summed E-state index contributed by atoms with van der Waals surface area (Å²) in [5.74, 6) is 1.80. The van der Waals surface area contributed by atoms with Gasteiger partial charge in [0.2, 0.25) is 0 Å². The maximum atomic E-state index is 10.0. The van der Waals surface area contributed by atoms with Crippen LogP contribution >= 0.6 is 0 Å². The number of benzene rings is 5. The molecule has 2 aromatic heterocycles. The van der Waals surface area contributed by atoms with Crippen LogP contribution in [0.15, 0.2) is 127 Å². The van der Waals surface area contributed by atoms with Gasteiger partial charge in [-0.15, -0.1) is 23.8 Å². The van der Waals surface area contributed by atoms with Gasteiger partial charge in [-0.1, -0.05) is 119 Å². The Kier molecular flexibility index (Phi) is 10.6. The molecule has 0 aliphatic carbocycles. The van der Waals surface area contributed by atoms with Gasteiger partial charge in [-0.3, -0.25) is 4.79 Å². The van der Waals surface area contributed by atoms with Crippen LogP contribution in [-0.2, 0) is 24.9 Å². The van der Waals surface area contributed by atoms with Crippen LogP contribution in [0.4, 0.5) is 0 Å². The van der Waals surface area contributed by atoms with Gasteiger partial charge >= 0.3 is 0 Å². The molecule has 0 atom stereocenters. The van der Waals surface area contributed by atoms with Crippen molar-refractivity contribution in [3.63, 3.8) is 0 Å². The van der Waals surface area contributed by atoms with E-state index in [9.17, 15) is 4.79 Å². The van der Waals surface area contributed by atoms with Gasteiger partial charge in [0.25, 0.3) is 0 Å². The van der Waals surface area contributed by atoms with Gasteiger partial charge in [0.1, 0.15) is 0 Å². The van der Waals surface area contributed by atoms with E-state index in [1.807, 2.05) is 79.0 Å². The number of aromatic nitrogens is 4. The average molecular weight is 806 g/mol. The fourth-order valence-corrected chi connectivity index (χ4v) is 5.54. The maximum absolute atomic E-state index is 10.0. The molecule has 5 aromatic carbocycles. The Bertz CT molecular complexity index is 2190. The molecule has 0 unspecified atom stereocenters. The normalized spacial score (nSPS) is 11.0. The van der Waals surface area contributed by atoms with Gasteiger partial charge < -0.3 is 10.1 Å². The first-order chi connectivity index (χ1) is 22.8. The number of nitrogens with zero attached hydrogens (tertiary/aromatic N) is 4. The van der Waals surface area contributed by atoms with Crippen LogP contribution < -0.4 is 0 Å². The second kappa shape index (κ2) is 15.0. The SMILES string of the molecule is CC(=O)C=C(C)O.Cc1c(C)c2ccccc2c2c[c-]c(-c3ccc(-c4nc(-c5ccccc5)nc(-c5ccccc5)n4)cn3)cc12.[Ir]. The summed E-state index contributed by atoms with van der Waals surface area (Å²) < 4.78 is 0. The molecule has 239 valence electrons. The molecule has 1 radical (unpaired) electrons. The van der Waals surface area contributed by atoms with Crippen LogP contribution in [0.3, 0.4) is 0 Å². The summed E-state index contributed by atoms with van der Waals surface area (Å²) in [5.41, 5.74) is 7.13. The van der Waals surface area contributed by atoms with Crippen molar-refractivity contribution in [2.75, 3.05) is 0 Å². The minimum atomic E-state index is -0.125. The predicted octanol–water partition coefficient (Wildman–Crippen LogP) is 9.69. The van der Waals surface area contributed by atoms with Crippen molar-refractivity contribution in [1.29, 1.82) is 0 Å². The third-order valence-corrected chi connectivity index (χ3v) is 7.95. The fraction of sp³-hybridized carbons (Fsp3) is 0.0976. The number of ketones is 1. The quantitative estimate of drug-likeness (QED) is 0.0807. The van der Waals surface area contributed by atoms with Gasteiger partial charge in [0.05, 0.1) is 5.76 Å². The Labute approximate surface area is 293 Å². The van der Waals surface area contributed by atoms with Gasteiger partial charge in [-0.25, -0.2) is 15.0 Å². The summed E-state index contributed by atoms with van der Waals surface area (Å²) in [4.78, 5) is 29.3. The molecule has 7 rings (SSSR count). The number of fused-ring (bicyclic) bond motifs is 3. The number of aliphatic hydroxyl groups excluding tert-OH is 1. The molecule has 7 aromatic rings. The van der Waals surface area contributed by atoms with E-state index in [0.29, 0.717) is 17.5 Å². The minimum Gasteiger partial charge on any atom is -0.512 e. The first kappa shape index (κ1) is 34.0. The zero-order valence-corrected chi connectivity index (χ0v) is 29.4. The molecule has 1 N–H and O–H groups in total. The van der Waals surface area contributed by atoms with Gasteiger partial charge in [0.15, 0.2) is 23.3 Å². The molecular weight excluding hydrogens is 773 g/mol. The first-order valence-corrected chi connectivity index (χ1v) is 15.3. The summed E-state index contributed by atoms with van der Waals surface area (Å²) in [5, 5.41) is 13.4. The van der Waals surface area contributed by atoms with E-state index in [1.54, 1.807) is 0 Å². The summed E-state index contributed by atoms with van der Waals surface area (Å²) in [6.07, 6.45) is 3.00. The molecule has 0 amide bonds. The number of rotatable bonds is 5. The van der Waals surface area contributed by atoms with E-state index in [4.69, 9.17) is 25.0 Å². The number of aryl methyl sites for hydroxylation is 2. The van der Waals surface area contributed by atoms with Crippen molar-refractivity contribution < 1.29 is 30.0 Å². The number of aliphatic hydroxyl groups is 1. The molecule has 0 spiro atoms. The van der Waals surface area contributed by atoms with E-state index in [0.717, 1.165) is 27.9 Å². The molecule has 2 heterocycles. The fourth-order valence-electron chi connectivity index (χ4n) is 5.54. The number of hydrogen-bond acceptors (Lipinski definition) is 6. The van der Waals surface area contributed by atoms with Crippen LogP contribution in [0.25, 0.3) is 67.0 Å². The standard InChI is InChI=1S/C36H25N4.C5H8O2.Ir/c1-23-24(2)32-21-27(17-19-31(32)30-16-10-9-15-29(23)30)33-20-18-28(22-37-33)36-39-34(25-11-5-3-6-12-25)38-35(40-36)26-13-7-4-8-14-26;1-4(6)3-5(2)7;/h3-16,18-22H,1-2H3;3,6H,1-2H3;/q-1;;.